The van der Waals surface area contributed by atoms with Gasteiger partial charge in [0.25, 0.3) is 0 Å². The van der Waals surface area contributed by atoms with Crippen molar-refractivity contribution < 1.29 is 30.7 Å². The van der Waals surface area contributed by atoms with E-state index in [-0.39, 0.29) is 16.7 Å². The molecule has 9 nitrogen and oxygen atoms in total. The topological polar surface area (TPSA) is 115 Å². The summed E-state index contributed by atoms with van der Waals surface area (Å²) < 4.78 is 68.2. The van der Waals surface area contributed by atoms with Crippen LogP contribution in [0.1, 0.15) is 18.7 Å². The maximum Gasteiger partial charge on any atom is 0.183 e. The number of ether oxygens (including phenoxy) is 2. The highest BCUT2D eigenvalue weighted by Gasteiger charge is 2.46. The highest BCUT2D eigenvalue weighted by Crippen LogP contribution is 2.28. The zero-order valence-corrected chi connectivity index (χ0v) is 20.2. The Balaban J connectivity index is 1.53. The number of nitrogens with one attached hydrogen (secondary N) is 1. The Bertz CT molecular complexity index is 1110. The van der Waals surface area contributed by atoms with E-state index in [1.54, 1.807) is 18.4 Å². The second kappa shape index (κ2) is 10.1. The van der Waals surface area contributed by atoms with Gasteiger partial charge < -0.3 is 19.2 Å². The minimum absolute atomic E-state index is 0.0932. The molecule has 3 atom stereocenters. The van der Waals surface area contributed by atoms with Gasteiger partial charge in [0.2, 0.25) is 0 Å². The molecular formula is C22H30N2O7S2. The number of furan rings is 1. The molecule has 0 amide bonds. The summed E-state index contributed by atoms with van der Waals surface area (Å²) in [5, 5.41) is 2.19. The fraction of sp³-hybridized carbons (Fsp3) is 0.545. The molecular weight excluding hydrogens is 468 g/mol. The molecule has 2 aliphatic heterocycles. The predicted molar refractivity (Wildman–Crippen MR) is 123 cm³/mol. The molecule has 0 aliphatic carbocycles. The molecule has 11 heteroatoms. The Morgan fingerprint density at radius 3 is 2.52 bits per heavy atom. The highest BCUT2D eigenvalue weighted by molar-refractivity contribution is 7.96. The summed E-state index contributed by atoms with van der Waals surface area (Å²) in [6.45, 7) is 5.31. The molecule has 33 heavy (non-hydrogen) atoms. The van der Waals surface area contributed by atoms with Crippen molar-refractivity contribution in [1.29, 1.82) is 0 Å². The van der Waals surface area contributed by atoms with Crippen LogP contribution in [-0.2, 0) is 24.4 Å². The lowest BCUT2D eigenvalue weighted by Gasteiger charge is -2.34. The van der Waals surface area contributed by atoms with Crippen LogP contribution in [0.3, 0.4) is 0 Å². The molecule has 2 saturated heterocycles. The van der Waals surface area contributed by atoms with Gasteiger partial charge in [-0.15, -0.1) is 0 Å². The van der Waals surface area contributed by atoms with Crippen LogP contribution in [0.4, 0.5) is 0 Å². The van der Waals surface area contributed by atoms with E-state index in [1.165, 1.54) is 12.1 Å². The van der Waals surface area contributed by atoms with Crippen LogP contribution in [0.15, 0.2) is 52.0 Å². The molecule has 2 aromatic rings. The summed E-state index contributed by atoms with van der Waals surface area (Å²) in [6.07, 6.45) is 1.60. The van der Waals surface area contributed by atoms with Crippen LogP contribution in [0.2, 0.25) is 0 Å². The molecule has 3 heterocycles. The van der Waals surface area contributed by atoms with Crippen molar-refractivity contribution in [3.8, 4) is 5.75 Å². The molecule has 0 spiro atoms. The maximum atomic E-state index is 13.4. The smallest absolute Gasteiger partial charge is 0.183 e. The Hall–Kier alpha value is -1.92. The highest BCUT2D eigenvalue weighted by atomic mass is 32.2. The number of nitrogens with zero attached hydrogens (tertiary/aromatic N) is 1. The first-order chi connectivity index (χ1) is 15.8. The third kappa shape index (κ3) is 5.60. The third-order valence-electron chi connectivity index (χ3n) is 6.09. The van der Waals surface area contributed by atoms with Crippen LogP contribution < -0.4 is 10.1 Å². The first-order valence-corrected chi connectivity index (χ1v) is 14.4. The average Bonchev–Trinajstić information content (AvgIpc) is 3.43. The van der Waals surface area contributed by atoms with Gasteiger partial charge in [-0.05, 0) is 43.3 Å². The lowest BCUT2D eigenvalue weighted by atomic mass is 10.1. The lowest BCUT2D eigenvalue weighted by molar-refractivity contribution is 0.0113. The molecule has 182 valence electrons. The minimum Gasteiger partial charge on any atom is -0.494 e. The summed E-state index contributed by atoms with van der Waals surface area (Å²) in [4.78, 5) is 2.30. The minimum atomic E-state index is -3.87. The van der Waals surface area contributed by atoms with E-state index < -0.39 is 36.7 Å². The van der Waals surface area contributed by atoms with Crippen molar-refractivity contribution in [3.63, 3.8) is 0 Å². The molecule has 2 aliphatic rings. The van der Waals surface area contributed by atoms with Crippen LogP contribution in [0, 0.1) is 0 Å². The van der Waals surface area contributed by atoms with Crippen molar-refractivity contribution in [1.82, 2.24) is 10.2 Å². The normalized spacial score (nSPS) is 24.5. The second-order valence-electron chi connectivity index (χ2n) is 8.26. The SMILES string of the molecule is CCOc1ccc(S(=O)(=O)[C@H]2CS(=O)(=O)C[C@@H]2NCC(c2ccco2)N2CCOCC2)cc1. The maximum absolute atomic E-state index is 13.4. The van der Waals surface area contributed by atoms with Crippen molar-refractivity contribution in [2.45, 2.75) is 29.2 Å². The fourth-order valence-corrected chi connectivity index (χ4v) is 9.14. The Morgan fingerprint density at radius 2 is 1.88 bits per heavy atom. The van der Waals surface area contributed by atoms with E-state index in [9.17, 15) is 16.8 Å². The van der Waals surface area contributed by atoms with Crippen molar-refractivity contribution >= 4 is 19.7 Å². The van der Waals surface area contributed by atoms with E-state index in [0.717, 1.165) is 5.76 Å². The Morgan fingerprint density at radius 1 is 1.15 bits per heavy atom. The first kappa shape index (κ1) is 24.2. The van der Waals surface area contributed by atoms with Gasteiger partial charge in [0, 0.05) is 25.7 Å². The lowest BCUT2D eigenvalue weighted by Crippen LogP contribution is -2.48. The van der Waals surface area contributed by atoms with Crippen molar-refractivity contribution in [2.75, 3.05) is 51.0 Å². The summed E-state index contributed by atoms with van der Waals surface area (Å²) in [6, 6.07) is 8.94. The fourth-order valence-electron chi connectivity index (χ4n) is 4.42. The van der Waals surface area contributed by atoms with Crippen molar-refractivity contribution in [2.24, 2.45) is 0 Å². The molecule has 0 saturated carbocycles. The molecule has 1 aromatic heterocycles. The van der Waals surface area contributed by atoms with Gasteiger partial charge in [0.1, 0.15) is 11.5 Å². The molecule has 1 unspecified atom stereocenters. The van der Waals surface area contributed by atoms with E-state index in [4.69, 9.17) is 13.9 Å². The van der Waals surface area contributed by atoms with Gasteiger partial charge in [0.05, 0.1) is 53.8 Å². The molecule has 0 radical (unpaired) electrons. The van der Waals surface area contributed by atoms with Crippen LogP contribution in [-0.4, -0.2) is 84.0 Å². The van der Waals surface area contributed by atoms with Crippen molar-refractivity contribution in [3.05, 3.63) is 48.4 Å². The molecule has 1 N–H and O–H groups in total. The van der Waals surface area contributed by atoms with Gasteiger partial charge >= 0.3 is 0 Å². The van der Waals surface area contributed by atoms with Crippen LogP contribution in [0.5, 0.6) is 5.75 Å². The average molecular weight is 499 g/mol. The number of sulfone groups is 2. The summed E-state index contributed by atoms with van der Waals surface area (Å²) >= 11 is 0. The summed E-state index contributed by atoms with van der Waals surface area (Å²) in [5.74, 6) is 0.693. The number of rotatable bonds is 9. The molecule has 4 rings (SSSR count). The first-order valence-electron chi connectivity index (χ1n) is 11.1. The van der Waals surface area contributed by atoms with E-state index in [1.807, 2.05) is 19.1 Å². The number of benzene rings is 1. The zero-order valence-electron chi connectivity index (χ0n) is 18.6. The number of hydrogen-bond acceptors (Lipinski definition) is 9. The summed E-state index contributed by atoms with van der Waals surface area (Å²) in [5.41, 5.74) is 0. The Labute approximate surface area is 194 Å². The predicted octanol–water partition coefficient (Wildman–Crippen LogP) is 1.28. The number of morpholine rings is 1. The quantitative estimate of drug-likeness (QED) is 0.546. The molecule has 1 aromatic carbocycles. The standard InChI is InChI=1S/C22H30N2O7S2/c1-2-30-17-5-7-18(8-6-17)33(27,28)22-16-32(25,26)15-19(22)23-14-20(21-4-3-11-31-21)24-9-12-29-13-10-24/h3-8,11,19-20,22-23H,2,9-10,12-16H2,1H3/t19-,20?,22-/m0/s1. The largest absolute Gasteiger partial charge is 0.494 e. The zero-order chi connectivity index (χ0) is 23.5. The van der Waals surface area contributed by atoms with Crippen LogP contribution >= 0.6 is 0 Å². The van der Waals surface area contributed by atoms with Gasteiger partial charge in [-0.1, -0.05) is 0 Å². The van der Waals surface area contributed by atoms with Gasteiger partial charge in [-0.2, -0.15) is 0 Å². The second-order valence-corrected chi connectivity index (χ2v) is 12.6. The van der Waals surface area contributed by atoms with Gasteiger partial charge in [-0.3, -0.25) is 4.90 Å². The number of hydrogen-bond donors (Lipinski definition) is 1. The molecule has 0 bridgehead atoms. The molecule has 2 fully saturated rings. The Kier molecular flexibility index (Phi) is 7.44. The monoisotopic (exact) mass is 498 g/mol. The van der Waals surface area contributed by atoms with Gasteiger partial charge in [0.15, 0.2) is 19.7 Å². The summed E-state index contributed by atoms with van der Waals surface area (Å²) in [7, 11) is -7.37. The third-order valence-corrected chi connectivity index (χ3v) is 10.3. The van der Waals surface area contributed by atoms with E-state index >= 15 is 0 Å². The van der Waals surface area contributed by atoms with Crippen LogP contribution in [0.25, 0.3) is 0 Å². The van der Waals surface area contributed by atoms with Gasteiger partial charge in [-0.25, -0.2) is 16.8 Å². The van der Waals surface area contributed by atoms with E-state index in [2.05, 4.69) is 10.2 Å². The van der Waals surface area contributed by atoms with E-state index in [0.29, 0.717) is 45.2 Å².